The van der Waals surface area contributed by atoms with E-state index in [0.29, 0.717) is 13.2 Å². The zero-order valence-corrected chi connectivity index (χ0v) is 12.6. The van der Waals surface area contributed by atoms with E-state index in [1.807, 2.05) is 24.4 Å². The van der Waals surface area contributed by atoms with Crippen molar-refractivity contribution in [1.82, 2.24) is 4.98 Å². The number of halogens is 1. The fourth-order valence-corrected chi connectivity index (χ4v) is 2.70. The van der Waals surface area contributed by atoms with E-state index in [0.717, 1.165) is 26.6 Å². The van der Waals surface area contributed by atoms with E-state index in [-0.39, 0.29) is 0 Å². The van der Waals surface area contributed by atoms with Crippen molar-refractivity contribution in [2.75, 3.05) is 11.9 Å². The Bertz CT molecular complexity index is 501. The van der Waals surface area contributed by atoms with Gasteiger partial charge < -0.3 is 10.1 Å². The van der Waals surface area contributed by atoms with Crippen molar-refractivity contribution in [3.8, 4) is 0 Å². The molecule has 0 amide bonds. The quantitative estimate of drug-likeness (QED) is 0.869. The molecule has 0 saturated carbocycles. The number of aromatic nitrogens is 1. The summed E-state index contributed by atoms with van der Waals surface area (Å²) in [4.78, 5) is 5.40. The number of nitrogens with one attached hydrogen (secondary N) is 1. The topological polar surface area (TPSA) is 34.2 Å². The molecule has 0 unspecified atom stereocenters. The minimum atomic E-state index is 0.602. The van der Waals surface area contributed by atoms with Crippen molar-refractivity contribution in [3.05, 3.63) is 45.4 Å². The van der Waals surface area contributed by atoms with Gasteiger partial charge in [0, 0.05) is 17.2 Å². The second-order valence-corrected chi connectivity index (χ2v) is 5.72. The highest BCUT2D eigenvalue weighted by atomic mass is 79.9. The van der Waals surface area contributed by atoms with Crippen molar-refractivity contribution in [2.24, 2.45) is 0 Å². The van der Waals surface area contributed by atoms with E-state index in [9.17, 15) is 0 Å². The zero-order valence-electron chi connectivity index (χ0n) is 10.1. The third-order valence-corrected chi connectivity index (χ3v) is 4.04. The molecule has 0 aliphatic carbocycles. The lowest BCUT2D eigenvalue weighted by molar-refractivity contribution is 0.108. The molecule has 0 aliphatic rings. The molecule has 0 bridgehead atoms. The highest BCUT2D eigenvalue weighted by Crippen LogP contribution is 2.20. The predicted molar refractivity (Wildman–Crippen MR) is 78.9 cm³/mol. The molecule has 96 valence electrons. The van der Waals surface area contributed by atoms with Crippen LogP contribution < -0.4 is 5.32 Å². The Hall–Kier alpha value is -0.910. The predicted octanol–water partition coefficient (Wildman–Crippen LogP) is 4.05. The summed E-state index contributed by atoms with van der Waals surface area (Å²) in [5.74, 6) is 0. The molecule has 0 spiro atoms. The lowest BCUT2D eigenvalue weighted by Gasteiger charge is -2.04. The molecular weight excluding hydrogens is 312 g/mol. The van der Waals surface area contributed by atoms with Crippen LogP contribution in [-0.4, -0.2) is 11.5 Å². The molecule has 1 heterocycles. The van der Waals surface area contributed by atoms with E-state index in [2.05, 4.69) is 39.2 Å². The van der Waals surface area contributed by atoms with Gasteiger partial charge >= 0.3 is 0 Å². The maximum atomic E-state index is 5.69. The van der Waals surface area contributed by atoms with Crippen molar-refractivity contribution in [1.29, 1.82) is 0 Å². The average Bonchev–Trinajstić information content (AvgIpc) is 2.80. The van der Waals surface area contributed by atoms with Crippen molar-refractivity contribution in [3.63, 3.8) is 0 Å². The van der Waals surface area contributed by atoms with E-state index >= 15 is 0 Å². The van der Waals surface area contributed by atoms with Gasteiger partial charge in [0.2, 0.25) is 0 Å². The minimum absolute atomic E-state index is 0.602. The maximum Gasteiger partial charge on any atom is 0.182 e. The first kappa shape index (κ1) is 13.5. The molecule has 3 nitrogen and oxygen atoms in total. The largest absolute Gasteiger partial charge is 0.371 e. The normalized spacial score (nSPS) is 10.6. The molecule has 1 N–H and O–H groups in total. The van der Waals surface area contributed by atoms with Gasteiger partial charge in [-0.2, -0.15) is 0 Å². The van der Waals surface area contributed by atoms with Crippen molar-refractivity contribution >= 4 is 32.4 Å². The molecule has 1 aromatic heterocycles. The molecule has 0 radical (unpaired) electrons. The van der Waals surface area contributed by atoms with Gasteiger partial charge in [0.05, 0.1) is 18.1 Å². The van der Waals surface area contributed by atoms with E-state index < -0.39 is 0 Å². The number of anilines is 1. The highest BCUT2D eigenvalue weighted by Gasteiger charge is 2.02. The van der Waals surface area contributed by atoms with Gasteiger partial charge in [-0.1, -0.05) is 45.5 Å². The van der Waals surface area contributed by atoms with E-state index in [4.69, 9.17) is 4.74 Å². The number of hydrogen-bond donors (Lipinski definition) is 1. The summed E-state index contributed by atoms with van der Waals surface area (Å²) >= 11 is 5.15. The molecule has 5 heteroatoms. The average molecular weight is 327 g/mol. The summed E-state index contributed by atoms with van der Waals surface area (Å²) in [6.07, 6.45) is 1.86. The Morgan fingerprint density at radius 1 is 1.33 bits per heavy atom. The number of benzene rings is 1. The fraction of sp³-hybridized carbons (Fsp3) is 0.308. The maximum absolute atomic E-state index is 5.69. The van der Waals surface area contributed by atoms with Gasteiger partial charge in [-0.15, -0.1) is 0 Å². The first-order valence-corrected chi connectivity index (χ1v) is 7.40. The van der Waals surface area contributed by atoms with Gasteiger partial charge in [0.1, 0.15) is 0 Å². The molecule has 0 fully saturated rings. The third-order valence-electron chi connectivity index (χ3n) is 2.34. The van der Waals surface area contributed by atoms with Crippen LogP contribution in [0.3, 0.4) is 0 Å². The second kappa shape index (κ2) is 6.87. The Labute approximate surface area is 119 Å². The number of nitrogens with zero attached hydrogens (tertiary/aromatic N) is 1. The summed E-state index contributed by atoms with van der Waals surface area (Å²) in [5.41, 5.74) is 1.16. The lowest BCUT2D eigenvalue weighted by atomic mass is 10.2. The summed E-state index contributed by atoms with van der Waals surface area (Å²) < 4.78 is 6.78. The standard InChI is InChI=1S/C13H15BrN2OS/c1-2-15-13-16-7-11(18-13)9-17-8-10-5-3-4-6-12(10)14/h3-7H,2,8-9H2,1H3,(H,15,16). The van der Waals surface area contributed by atoms with Crippen LogP contribution in [0.15, 0.2) is 34.9 Å². The molecule has 2 aromatic rings. The van der Waals surface area contributed by atoms with Crippen molar-refractivity contribution < 1.29 is 4.74 Å². The molecule has 0 atom stereocenters. The minimum Gasteiger partial charge on any atom is -0.371 e. The van der Waals surface area contributed by atoms with Gasteiger partial charge in [0.15, 0.2) is 5.13 Å². The first-order chi connectivity index (χ1) is 8.79. The van der Waals surface area contributed by atoms with Crippen LogP contribution in [0, 0.1) is 0 Å². The highest BCUT2D eigenvalue weighted by molar-refractivity contribution is 9.10. The Morgan fingerprint density at radius 2 is 2.17 bits per heavy atom. The SMILES string of the molecule is CCNc1ncc(COCc2ccccc2Br)s1. The van der Waals surface area contributed by atoms with Crippen LogP contribution in [0.4, 0.5) is 5.13 Å². The summed E-state index contributed by atoms with van der Waals surface area (Å²) in [6.45, 7) is 4.16. The fourth-order valence-electron chi connectivity index (χ4n) is 1.48. The number of ether oxygens (including phenoxy) is 1. The first-order valence-electron chi connectivity index (χ1n) is 5.79. The van der Waals surface area contributed by atoms with Gasteiger partial charge in [-0.3, -0.25) is 0 Å². The summed E-state index contributed by atoms with van der Waals surface area (Å²) in [5, 5.41) is 4.15. The monoisotopic (exact) mass is 326 g/mol. The second-order valence-electron chi connectivity index (χ2n) is 3.75. The smallest absolute Gasteiger partial charge is 0.182 e. The van der Waals surface area contributed by atoms with Crippen LogP contribution in [0.5, 0.6) is 0 Å². The number of rotatable bonds is 6. The zero-order chi connectivity index (χ0) is 12.8. The van der Waals surface area contributed by atoms with Gasteiger partial charge in [-0.25, -0.2) is 4.98 Å². The van der Waals surface area contributed by atoms with Crippen molar-refractivity contribution in [2.45, 2.75) is 20.1 Å². The third kappa shape index (κ3) is 3.80. The summed E-state index contributed by atoms with van der Waals surface area (Å²) in [7, 11) is 0. The van der Waals surface area contributed by atoms with Gasteiger partial charge in [0.25, 0.3) is 0 Å². The molecule has 0 aliphatic heterocycles. The van der Waals surface area contributed by atoms with Crippen LogP contribution in [-0.2, 0) is 18.0 Å². The van der Waals surface area contributed by atoms with Crippen LogP contribution >= 0.6 is 27.3 Å². The Kier molecular flexibility index (Phi) is 5.16. The molecule has 1 aromatic carbocycles. The number of thiazole rings is 1. The van der Waals surface area contributed by atoms with Gasteiger partial charge in [-0.05, 0) is 18.6 Å². The number of hydrogen-bond acceptors (Lipinski definition) is 4. The lowest BCUT2D eigenvalue weighted by Crippen LogP contribution is -1.94. The molecule has 18 heavy (non-hydrogen) atoms. The Morgan fingerprint density at radius 3 is 2.94 bits per heavy atom. The van der Waals surface area contributed by atoms with Crippen LogP contribution in [0.2, 0.25) is 0 Å². The van der Waals surface area contributed by atoms with E-state index in [1.54, 1.807) is 11.3 Å². The van der Waals surface area contributed by atoms with Crippen LogP contribution in [0.1, 0.15) is 17.4 Å². The molecule has 2 rings (SSSR count). The molecular formula is C13H15BrN2OS. The van der Waals surface area contributed by atoms with Crippen LogP contribution in [0.25, 0.3) is 0 Å². The Balaban J connectivity index is 1.83. The molecule has 0 saturated heterocycles. The summed E-state index contributed by atoms with van der Waals surface area (Å²) in [6, 6.07) is 8.09. The van der Waals surface area contributed by atoms with E-state index in [1.165, 1.54) is 0 Å².